The molecule has 3 atom stereocenters. The first kappa shape index (κ1) is 31.3. The van der Waals surface area contributed by atoms with Crippen LogP contribution < -0.4 is 20.7 Å². The van der Waals surface area contributed by atoms with Crippen molar-refractivity contribution >= 4 is 29.0 Å². The first-order chi connectivity index (χ1) is 22.1. The van der Waals surface area contributed by atoms with Gasteiger partial charge in [-0.1, -0.05) is 23.7 Å². The zero-order valence-electron chi connectivity index (χ0n) is 26.7. The molecule has 5 aliphatic rings. The Morgan fingerprint density at radius 1 is 1.26 bits per heavy atom. The van der Waals surface area contributed by atoms with Crippen molar-refractivity contribution < 1.29 is 18.7 Å². The van der Waals surface area contributed by atoms with Crippen LogP contribution in [-0.4, -0.2) is 83.6 Å². The Balaban J connectivity index is 1.22. The van der Waals surface area contributed by atoms with Crippen LogP contribution in [0.2, 0.25) is 5.02 Å². The van der Waals surface area contributed by atoms with E-state index in [9.17, 15) is 9.18 Å². The first-order valence-corrected chi connectivity index (χ1v) is 16.9. The minimum atomic E-state index is -0.840. The second kappa shape index (κ2) is 12.4. The number of hydrogen-bond acceptors (Lipinski definition) is 9. The summed E-state index contributed by atoms with van der Waals surface area (Å²) in [4.78, 5) is 31.7. The predicted octanol–water partition coefficient (Wildman–Crippen LogP) is 4.02. The third-order valence-corrected chi connectivity index (χ3v) is 10.5. The highest BCUT2D eigenvalue weighted by Crippen LogP contribution is 2.49. The number of aliphatic imine (C=N–C) groups is 1. The molecule has 246 valence electrons. The smallest absolute Gasteiger partial charge is 0.318 e. The number of carbonyl (C=O) groups is 1. The lowest BCUT2D eigenvalue weighted by atomic mass is 9.87. The van der Waals surface area contributed by atoms with Gasteiger partial charge in [-0.25, -0.2) is 4.39 Å². The second-order valence-electron chi connectivity index (χ2n) is 13.7. The van der Waals surface area contributed by atoms with E-state index in [-0.39, 0.29) is 23.2 Å². The molecule has 10 nitrogen and oxygen atoms in total. The van der Waals surface area contributed by atoms with E-state index in [1.807, 2.05) is 26.0 Å². The largest absolute Gasteiger partial charge is 0.461 e. The summed E-state index contributed by atoms with van der Waals surface area (Å²) >= 11 is 6.60. The Hall–Kier alpha value is -3.28. The van der Waals surface area contributed by atoms with Crippen LogP contribution in [0.1, 0.15) is 68.3 Å². The molecule has 2 aromatic rings. The number of benzene rings is 1. The molecule has 3 N–H and O–H groups in total. The summed E-state index contributed by atoms with van der Waals surface area (Å²) in [5.41, 5.74) is 10.3. The van der Waals surface area contributed by atoms with Gasteiger partial charge in [0.05, 0.1) is 41.4 Å². The van der Waals surface area contributed by atoms with Gasteiger partial charge in [0.2, 0.25) is 0 Å². The highest BCUT2D eigenvalue weighted by molar-refractivity contribution is 6.31. The monoisotopic (exact) mass is 651 g/mol. The van der Waals surface area contributed by atoms with Gasteiger partial charge < -0.3 is 25.4 Å². The molecule has 7 rings (SSSR count). The average Bonchev–Trinajstić information content (AvgIpc) is 3.60. The number of carbonyl (C=O) groups excluding carboxylic acids is 1. The van der Waals surface area contributed by atoms with Crippen LogP contribution in [0.3, 0.4) is 0 Å². The number of hydrogen-bond donors (Lipinski definition) is 2. The standard InChI is InChI=1S/C34H43ClFN7O3/c1-21(2)39-31(44)28(37)14-23-18-42(12-5-11-38-23)30-25-19-46-34(10-8-24-26(34)6-3-7-27(24)35)16-29(25)40-32(41-30)45-20-33-9-4-13-43(33)17-22(36)15-33/h3,6-7,14,21-22H,4-5,8-13,15-20,37H2,1-2H3,(H,39,44)/t22?,33-,34-/m0/s1. The van der Waals surface area contributed by atoms with Gasteiger partial charge in [-0.2, -0.15) is 9.97 Å². The molecule has 2 saturated heterocycles. The highest BCUT2D eigenvalue weighted by atomic mass is 35.5. The number of fused-ring (bicyclic) bond motifs is 4. The molecule has 46 heavy (non-hydrogen) atoms. The lowest BCUT2D eigenvalue weighted by Gasteiger charge is -2.37. The predicted molar refractivity (Wildman–Crippen MR) is 175 cm³/mol. The van der Waals surface area contributed by atoms with E-state index < -0.39 is 11.8 Å². The summed E-state index contributed by atoms with van der Waals surface area (Å²) in [7, 11) is 0. The van der Waals surface area contributed by atoms with Crippen LogP contribution in [0.5, 0.6) is 6.01 Å². The highest BCUT2D eigenvalue weighted by Gasteiger charge is 2.50. The van der Waals surface area contributed by atoms with Gasteiger partial charge in [-0.15, -0.1) is 0 Å². The molecule has 5 heterocycles. The fraction of sp³-hybridized carbons (Fsp3) is 0.588. The molecule has 2 fully saturated rings. The van der Waals surface area contributed by atoms with E-state index in [1.165, 1.54) is 0 Å². The van der Waals surface area contributed by atoms with Gasteiger partial charge in [-0.3, -0.25) is 14.7 Å². The van der Waals surface area contributed by atoms with Gasteiger partial charge in [0.1, 0.15) is 18.6 Å². The van der Waals surface area contributed by atoms with E-state index in [1.54, 1.807) is 6.08 Å². The maximum Gasteiger partial charge on any atom is 0.318 e. The average molecular weight is 652 g/mol. The molecule has 1 aliphatic carbocycles. The number of alkyl halides is 1. The molecular formula is C34H43ClFN7O3. The van der Waals surface area contributed by atoms with Crippen molar-refractivity contribution in [3.05, 3.63) is 57.4 Å². The Kier molecular flexibility index (Phi) is 8.44. The molecule has 0 radical (unpaired) electrons. The number of halogens is 2. The number of nitrogens with one attached hydrogen (secondary N) is 1. The van der Waals surface area contributed by atoms with E-state index in [2.05, 4.69) is 21.2 Å². The summed E-state index contributed by atoms with van der Waals surface area (Å²) in [5, 5.41) is 3.61. The van der Waals surface area contributed by atoms with Gasteiger partial charge in [0.15, 0.2) is 0 Å². The molecule has 0 saturated carbocycles. The molecule has 1 amide bonds. The molecule has 0 bridgehead atoms. The number of rotatable bonds is 7. The Morgan fingerprint density at radius 3 is 2.98 bits per heavy atom. The van der Waals surface area contributed by atoms with Crippen LogP contribution in [0.25, 0.3) is 0 Å². The molecule has 1 aromatic heterocycles. The number of nitrogens with zero attached hydrogens (tertiary/aromatic N) is 5. The molecule has 4 aliphatic heterocycles. The van der Waals surface area contributed by atoms with Gasteiger partial charge in [0.25, 0.3) is 5.91 Å². The maximum absolute atomic E-state index is 14.5. The molecule has 1 aromatic carbocycles. The van der Waals surface area contributed by atoms with Crippen LogP contribution in [0.15, 0.2) is 35.0 Å². The Bertz CT molecular complexity index is 1580. The van der Waals surface area contributed by atoms with Crippen molar-refractivity contribution in [3.8, 4) is 6.01 Å². The van der Waals surface area contributed by atoms with Crippen LogP contribution in [0, 0.1) is 0 Å². The number of aromatic nitrogens is 2. The number of nitrogens with two attached hydrogens (primary N) is 1. The van der Waals surface area contributed by atoms with E-state index in [0.29, 0.717) is 64.0 Å². The van der Waals surface area contributed by atoms with Crippen LogP contribution in [-0.2, 0) is 34.6 Å². The second-order valence-corrected chi connectivity index (χ2v) is 14.1. The molecular weight excluding hydrogens is 609 g/mol. The third kappa shape index (κ3) is 5.86. The fourth-order valence-corrected chi connectivity index (χ4v) is 8.27. The quantitative estimate of drug-likeness (QED) is 0.431. The lowest BCUT2D eigenvalue weighted by molar-refractivity contribution is -0.118. The summed E-state index contributed by atoms with van der Waals surface area (Å²) in [5.74, 6) is 0.421. The minimum Gasteiger partial charge on any atom is -0.461 e. The first-order valence-electron chi connectivity index (χ1n) is 16.5. The van der Waals surface area contributed by atoms with Crippen molar-refractivity contribution in [1.82, 2.24) is 20.2 Å². The summed E-state index contributed by atoms with van der Waals surface area (Å²) in [6, 6.07) is 6.31. The van der Waals surface area contributed by atoms with Gasteiger partial charge >= 0.3 is 6.01 Å². The van der Waals surface area contributed by atoms with Crippen LogP contribution in [0.4, 0.5) is 10.2 Å². The molecule has 12 heteroatoms. The fourth-order valence-electron chi connectivity index (χ4n) is 8.00. The topological polar surface area (TPSA) is 118 Å². The van der Waals surface area contributed by atoms with E-state index >= 15 is 0 Å². The lowest BCUT2D eigenvalue weighted by Crippen LogP contribution is -2.43. The van der Waals surface area contributed by atoms with Crippen molar-refractivity contribution in [3.63, 3.8) is 0 Å². The molecule has 1 unspecified atom stereocenters. The third-order valence-electron chi connectivity index (χ3n) is 10.2. The normalized spacial score (nSPS) is 27.8. The zero-order chi connectivity index (χ0) is 32.1. The van der Waals surface area contributed by atoms with Crippen molar-refractivity contribution in [2.24, 2.45) is 10.7 Å². The number of anilines is 1. The summed E-state index contributed by atoms with van der Waals surface area (Å²) < 4.78 is 27.7. The Labute approximate surface area is 274 Å². The van der Waals surface area contributed by atoms with E-state index in [0.717, 1.165) is 71.9 Å². The SMILES string of the molecule is CC(C)NC(=O)C(N)=CC1=NCCCN(c2nc(OC[C@@]34CCCN3CC(F)C4)nc3c2CO[C@@]2(CCc4c(Cl)cccc42)C3)C1. The summed E-state index contributed by atoms with van der Waals surface area (Å²) in [6.45, 7) is 7.57. The van der Waals surface area contributed by atoms with Crippen molar-refractivity contribution in [1.29, 1.82) is 0 Å². The number of amides is 1. The van der Waals surface area contributed by atoms with E-state index in [4.69, 9.17) is 41.8 Å². The zero-order valence-corrected chi connectivity index (χ0v) is 27.4. The van der Waals surface area contributed by atoms with Gasteiger partial charge in [-0.05, 0) is 75.8 Å². The maximum atomic E-state index is 14.5. The van der Waals surface area contributed by atoms with Gasteiger partial charge in [0, 0.05) is 49.1 Å². The minimum absolute atomic E-state index is 0.0278. The van der Waals surface area contributed by atoms with Crippen LogP contribution >= 0.6 is 11.6 Å². The molecule has 1 spiro atoms. The number of ether oxygens (including phenoxy) is 2. The Morgan fingerprint density at radius 2 is 2.13 bits per heavy atom. The van der Waals surface area contributed by atoms with Crippen molar-refractivity contribution in [2.45, 2.75) is 88.8 Å². The summed E-state index contributed by atoms with van der Waals surface area (Å²) in [6.07, 6.45) is 6.28. The van der Waals surface area contributed by atoms with Crippen molar-refractivity contribution in [2.75, 3.05) is 44.2 Å².